The first-order valence-electron chi connectivity index (χ1n) is 4.26. The number of Topliss-reactive ketones (excluding diaryl/α,β-unsaturated/α-hetero) is 1. The summed E-state index contributed by atoms with van der Waals surface area (Å²) in [5.41, 5.74) is 0.482. The predicted molar refractivity (Wildman–Crippen MR) is 46.8 cm³/mol. The van der Waals surface area contributed by atoms with Crippen molar-refractivity contribution in [3.63, 3.8) is 0 Å². The van der Waals surface area contributed by atoms with Gasteiger partial charge in [0.05, 0.1) is 11.7 Å². The van der Waals surface area contributed by atoms with E-state index in [4.69, 9.17) is 0 Å². The Morgan fingerprint density at radius 2 is 2.31 bits per heavy atom. The molecule has 0 aliphatic carbocycles. The molecule has 1 aliphatic rings. The van der Waals surface area contributed by atoms with Crippen LogP contribution in [0.25, 0.3) is 0 Å². The largest absolute Gasteiger partial charge is 0.327 e. The van der Waals surface area contributed by atoms with Gasteiger partial charge >= 0.3 is 6.03 Å². The number of amides is 1. The van der Waals surface area contributed by atoms with Crippen molar-refractivity contribution in [1.29, 1.82) is 0 Å². The summed E-state index contributed by atoms with van der Waals surface area (Å²) in [7, 11) is 0. The van der Waals surface area contributed by atoms with Gasteiger partial charge in [-0.2, -0.15) is 0 Å². The van der Waals surface area contributed by atoms with Crippen molar-refractivity contribution in [2.75, 3.05) is 0 Å². The lowest BCUT2D eigenvalue weighted by Gasteiger charge is -2.22. The van der Waals surface area contributed by atoms with Gasteiger partial charge in [-0.3, -0.25) is 9.36 Å². The van der Waals surface area contributed by atoms with Gasteiger partial charge in [0.25, 0.3) is 0 Å². The average molecular weight is 178 g/mol. The number of carbonyl (C=O) groups is 2. The highest BCUT2D eigenvalue weighted by Gasteiger charge is 2.29. The standard InChI is InChI=1S/C9H10N2O2/c1-2-6-8(12)7-4-3-5-11(7)9(13)10-6/h3-6H,2H2,1H3,(H,10,13). The molecule has 0 aromatic carbocycles. The van der Waals surface area contributed by atoms with Crippen LogP contribution in [0.1, 0.15) is 23.8 Å². The molecule has 4 nitrogen and oxygen atoms in total. The zero-order valence-corrected chi connectivity index (χ0v) is 7.28. The molecule has 1 atom stereocenters. The molecule has 0 saturated carbocycles. The van der Waals surface area contributed by atoms with Crippen LogP contribution in [0.5, 0.6) is 0 Å². The first-order valence-corrected chi connectivity index (χ1v) is 4.26. The predicted octanol–water partition coefficient (Wildman–Crippen LogP) is 1.02. The van der Waals surface area contributed by atoms with E-state index in [0.717, 1.165) is 0 Å². The van der Waals surface area contributed by atoms with Gasteiger partial charge < -0.3 is 5.32 Å². The Hall–Kier alpha value is -1.58. The van der Waals surface area contributed by atoms with Crippen molar-refractivity contribution in [2.24, 2.45) is 0 Å². The fourth-order valence-corrected chi connectivity index (χ4v) is 1.51. The third-order valence-corrected chi connectivity index (χ3v) is 2.24. The molecule has 0 bridgehead atoms. The third kappa shape index (κ3) is 1.06. The van der Waals surface area contributed by atoms with Crippen molar-refractivity contribution in [1.82, 2.24) is 9.88 Å². The molecule has 13 heavy (non-hydrogen) atoms. The molecule has 1 amide bonds. The Labute approximate surface area is 75.5 Å². The van der Waals surface area contributed by atoms with E-state index in [9.17, 15) is 9.59 Å². The van der Waals surface area contributed by atoms with Gasteiger partial charge in [0.1, 0.15) is 0 Å². The van der Waals surface area contributed by atoms with Crippen LogP contribution in [0.15, 0.2) is 18.3 Å². The van der Waals surface area contributed by atoms with Crippen LogP contribution in [-0.4, -0.2) is 22.4 Å². The number of hydrogen-bond acceptors (Lipinski definition) is 2. The maximum absolute atomic E-state index is 11.6. The average Bonchev–Trinajstić information content (AvgIpc) is 2.60. The molecule has 2 heterocycles. The van der Waals surface area contributed by atoms with Crippen LogP contribution < -0.4 is 5.32 Å². The Balaban J connectivity index is 2.47. The Morgan fingerprint density at radius 1 is 1.54 bits per heavy atom. The van der Waals surface area contributed by atoms with Crippen LogP contribution in [-0.2, 0) is 0 Å². The van der Waals surface area contributed by atoms with Crippen molar-refractivity contribution in [3.8, 4) is 0 Å². The van der Waals surface area contributed by atoms with Gasteiger partial charge in [0, 0.05) is 6.20 Å². The number of rotatable bonds is 1. The number of nitrogens with zero attached hydrogens (tertiary/aromatic N) is 1. The van der Waals surface area contributed by atoms with Crippen LogP contribution in [0.3, 0.4) is 0 Å². The van der Waals surface area contributed by atoms with Gasteiger partial charge in [-0.1, -0.05) is 6.92 Å². The van der Waals surface area contributed by atoms with Crippen LogP contribution in [0.2, 0.25) is 0 Å². The first-order chi connectivity index (χ1) is 6.24. The second-order valence-electron chi connectivity index (χ2n) is 3.04. The summed E-state index contributed by atoms with van der Waals surface area (Å²) in [6.07, 6.45) is 2.23. The normalized spacial score (nSPS) is 21.2. The minimum absolute atomic E-state index is 0.00731. The molecule has 0 spiro atoms. The van der Waals surface area contributed by atoms with E-state index in [1.54, 1.807) is 18.3 Å². The van der Waals surface area contributed by atoms with E-state index < -0.39 is 0 Å². The van der Waals surface area contributed by atoms with E-state index in [1.807, 2.05) is 6.92 Å². The van der Waals surface area contributed by atoms with E-state index in [2.05, 4.69) is 5.32 Å². The maximum atomic E-state index is 11.6. The highest BCUT2D eigenvalue weighted by atomic mass is 16.2. The van der Waals surface area contributed by atoms with Gasteiger partial charge in [0.15, 0.2) is 0 Å². The van der Waals surface area contributed by atoms with Crippen LogP contribution in [0, 0.1) is 0 Å². The van der Waals surface area contributed by atoms with Crippen molar-refractivity contribution in [3.05, 3.63) is 24.0 Å². The lowest BCUT2D eigenvalue weighted by atomic mass is 10.1. The molecule has 0 fully saturated rings. The highest BCUT2D eigenvalue weighted by Crippen LogP contribution is 2.12. The van der Waals surface area contributed by atoms with Gasteiger partial charge in [-0.05, 0) is 18.6 Å². The van der Waals surface area contributed by atoms with E-state index in [0.29, 0.717) is 12.1 Å². The summed E-state index contributed by atoms with van der Waals surface area (Å²) < 4.78 is 1.34. The quantitative estimate of drug-likeness (QED) is 0.698. The highest BCUT2D eigenvalue weighted by molar-refractivity contribution is 6.06. The van der Waals surface area contributed by atoms with E-state index >= 15 is 0 Å². The smallest absolute Gasteiger partial charge is 0.326 e. The third-order valence-electron chi connectivity index (χ3n) is 2.24. The molecule has 1 aromatic rings. The number of fused-ring (bicyclic) bond motifs is 1. The second kappa shape index (κ2) is 2.73. The SMILES string of the molecule is CCC1NC(=O)n2cccc2C1=O. The minimum Gasteiger partial charge on any atom is -0.327 e. The zero-order valence-electron chi connectivity index (χ0n) is 7.28. The number of carbonyl (C=O) groups excluding carboxylic acids is 2. The zero-order chi connectivity index (χ0) is 9.42. The van der Waals surface area contributed by atoms with Gasteiger partial charge in [-0.15, -0.1) is 0 Å². The number of nitrogens with one attached hydrogen (secondary N) is 1. The first kappa shape index (κ1) is 8.04. The van der Waals surface area contributed by atoms with Crippen LogP contribution >= 0.6 is 0 Å². The summed E-state index contributed by atoms with van der Waals surface area (Å²) in [4.78, 5) is 23.0. The molecular formula is C9H10N2O2. The lowest BCUT2D eigenvalue weighted by Crippen LogP contribution is -2.48. The molecule has 1 aromatic heterocycles. The number of hydrogen-bond donors (Lipinski definition) is 1. The number of ketones is 1. The molecule has 4 heteroatoms. The minimum atomic E-state index is -0.352. The fourth-order valence-electron chi connectivity index (χ4n) is 1.51. The molecule has 0 radical (unpaired) electrons. The summed E-state index contributed by atoms with van der Waals surface area (Å²) in [6, 6.07) is 2.80. The van der Waals surface area contributed by atoms with Crippen molar-refractivity contribution >= 4 is 11.8 Å². The topological polar surface area (TPSA) is 51.1 Å². The molecular weight excluding hydrogens is 168 g/mol. The molecule has 68 valence electrons. The summed E-state index contributed by atoms with van der Waals surface area (Å²) in [6.45, 7) is 1.88. The molecule has 1 aliphatic heterocycles. The van der Waals surface area contributed by atoms with Gasteiger partial charge in [0.2, 0.25) is 5.78 Å². The van der Waals surface area contributed by atoms with Crippen molar-refractivity contribution in [2.45, 2.75) is 19.4 Å². The Bertz CT molecular complexity index is 367. The summed E-state index contributed by atoms with van der Waals surface area (Å²) >= 11 is 0. The molecule has 1 N–H and O–H groups in total. The maximum Gasteiger partial charge on any atom is 0.326 e. The monoisotopic (exact) mass is 178 g/mol. The van der Waals surface area contributed by atoms with E-state index in [-0.39, 0.29) is 17.9 Å². The number of aromatic nitrogens is 1. The molecule has 1 unspecified atom stereocenters. The fraction of sp³-hybridized carbons (Fsp3) is 0.333. The Morgan fingerprint density at radius 3 is 3.00 bits per heavy atom. The van der Waals surface area contributed by atoms with Crippen LogP contribution in [0.4, 0.5) is 4.79 Å². The molecule has 2 rings (SSSR count). The summed E-state index contributed by atoms with van der Waals surface area (Å²) in [5, 5.41) is 2.63. The second-order valence-corrected chi connectivity index (χ2v) is 3.04. The van der Waals surface area contributed by atoms with Crippen molar-refractivity contribution < 1.29 is 9.59 Å². The summed E-state index contributed by atoms with van der Waals surface area (Å²) in [5.74, 6) is -0.00731. The van der Waals surface area contributed by atoms with E-state index in [1.165, 1.54) is 4.57 Å². The molecule has 0 saturated heterocycles. The van der Waals surface area contributed by atoms with Gasteiger partial charge in [-0.25, -0.2) is 4.79 Å². The lowest BCUT2D eigenvalue weighted by molar-refractivity contribution is 0.0922. The Kier molecular flexibility index (Phi) is 1.69.